The Bertz CT molecular complexity index is 820. The predicted molar refractivity (Wildman–Crippen MR) is 90.6 cm³/mol. The molecular formula is C16H13FN2O5S. The summed E-state index contributed by atoms with van der Waals surface area (Å²) in [6, 6.07) is 6.57. The summed E-state index contributed by atoms with van der Waals surface area (Å²) in [5, 5.41) is 14.9. The molecule has 7 nitrogen and oxygen atoms in total. The van der Waals surface area contributed by atoms with Crippen LogP contribution in [0.3, 0.4) is 0 Å². The van der Waals surface area contributed by atoms with Crippen molar-refractivity contribution in [2.75, 3.05) is 5.32 Å². The van der Waals surface area contributed by atoms with E-state index in [1.54, 1.807) is 6.08 Å². The van der Waals surface area contributed by atoms with Crippen LogP contribution in [-0.4, -0.2) is 22.9 Å². The van der Waals surface area contributed by atoms with Gasteiger partial charge in [-0.25, -0.2) is 4.79 Å². The maximum atomic E-state index is 13.3. The Morgan fingerprint density at radius 1 is 1.40 bits per heavy atom. The molecule has 0 radical (unpaired) electrons. The fourth-order valence-corrected chi connectivity index (χ4v) is 2.40. The van der Waals surface area contributed by atoms with Crippen LogP contribution in [0, 0.1) is 15.9 Å². The molecule has 1 atom stereocenters. The first-order valence-corrected chi connectivity index (χ1v) is 7.92. The second-order valence-corrected chi connectivity index (χ2v) is 5.82. The molecule has 25 heavy (non-hydrogen) atoms. The highest BCUT2D eigenvalue weighted by Crippen LogP contribution is 2.21. The number of nitrogens with one attached hydrogen (secondary N) is 1. The minimum atomic E-state index is -1.13. The number of ether oxygens (including phenoxy) is 1. The summed E-state index contributed by atoms with van der Waals surface area (Å²) >= 11 is 1.44. The molecule has 1 aromatic heterocycles. The molecule has 0 bridgehead atoms. The fourth-order valence-electron chi connectivity index (χ4n) is 1.78. The summed E-state index contributed by atoms with van der Waals surface area (Å²) in [6.07, 6.45) is 1.61. The van der Waals surface area contributed by atoms with Crippen molar-refractivity contribution in [3.05, 3.63) is 62.6 Å². The van der Waals surface area contributed by atoms with Gasteiger partial charge in [-0.15, -0.1) is 11.3 Å². The number of rotatable bonds is 6. The number of amides is 1. The van der Waals surface area contributed by atoms with Crippen molar-refractivity contribution >= 4 is 40.7 Å². The lowest BCUT2D eigenvalue weighted by Gasteiger charge is -2.12. The summed E-state index contributed by atoms with van der Waals surface area (Å²) in [5.74, 6) is -2.42. The normalized spacial score (nSPS) is 11.9. The van der Waals surface area contributed by atoms with Crippen LogP contribution in [0.5, 0.6) is 0 Å². The molecule has 0 spiro atoms. The molecule has 2 aromatic rings. The number of carbonyl (C=O) groups excluding carboxylic acids is 2. The quantitative estimate of drug-likeness (QED) is 0.367. The molecule has 1 aromatic carbocycles. The molecule has 0 aliphatic rings. The van der Waals surface area contributed by atoms with Gasteiger partial charge in [0.15, 0.2) is 6.10 Å². The number of benzene rings is 1. The highest BCUT2D eigenvalue weighted by molar-refractivity contribution is 7.10. The van der Waals surface area contributed by atoms with E-state index in [0.29, 0.717) is 0 Å². The van der Waals surface area contributed by atoms with Crippen molar-refractivity contribution in [3.8, 4) is 0 Å². The van der Waals surface area contributed by atoms with Crippen LogP contribution in [0.2, 0.25) is 0 Å². The zero-order valence-corrected chi connectivity index (χ0v) is 13.8. The van der Waals surface area contributed by atoms with E-state index in [9.17, 15) is 24.1 Å². The minimum absolute atomic E-state index is 0.0233. The fraction of sp³-hybridized carbons (Fsp3) is 0.125. The number of hydrogen-bond donors (Lipinski definition) is 1. The summed E-state index contributed by atoms with van der Waals surface area (Å²) in [5.41, 5.74) is -0.739. The van der Waals surface area contributed by atoms with E-state index in [-0.39, 0.29) is 5.69 Å². The molecule has 130 valence electrons. The van der Waals surface area contributed by atoms with E-state index in [2.05, 4.69) is 5.32 Å². The molecule has 0 fully saturated rings. The van der Waals surface area contributed by atoms with Crippen LogP contribution in [0.4, 0.5) is 15.8 Å². The van der Waals surface area contributed by atoms with Gasteiger partial charge in [-0.1, -0.05) is 6.07 Å². The van der Waals surface area contributed by atoms with Gasteiger partial charge in [0.05, 0.1) is 4.92 Å². The third-order valence-corrected chi connectivity index (χ3v) is 3.84. The lowest BCUT2D eigenvalue weighted by Crippen LogP contribution is -2.29. The number of esters is 1. The molecule has 9 heteroatoms. The third kappa shape index (κ3) is 5.21. The van der Waals surface area contributed by atoms with Crippen LogP contribution in [0.25, 0.3) is 6.08 Å². The van der Waals surface area contributed by atoms with Crippen LogP contribution in [0.1, 0.15) is 11.8 Å². The number of thiophene rings is 1. The number of hydrogen-bond acceptors (Lipinski definition) is 6. The second kappa shape index (κ2) is 8.15. The van der Waals surface area contributed by atoms with Crippen LogP contribution >= 0.6 is 11.3 Å². The van der Waals surface area contributed by atoms with Crippen molar-refractivity contribution in [2.45, 2.75) is 13.0 Å². The van der Waals surface area contributed by atoms with Crippen molar-refractivity contribution in [1.29, 1.82) is 0 Å². The molecule has 2 rings (SSSR count). The zero-order valence-electron chi connectivity index (χ0n) is 13.0. The van der Waals surface area contributed by atoms with Gasteiger partial charge in [-0.05, 0) is 36.6 Å². The average molecular weight is 364 g/mol. The number of carbonyl (C=O) groups is 2. The Balaban J connectivity index is 1.95. The first-order chi connectivity index (χ1) is 11.9. The molecule has 1 N–H and O–H groups in total. The van der Waals surface area contributed by atoms with E-state index in [1.165, 1.54) is 30.4 Å². The largest absolute Gasteiger partial charge is 0.449 e. The van der Waals surface area contributed by atoms with E-state index >= 15 is 0 Å². The van der Waals surface area contributed by atoms with Crippen LogP contribution in [0.15, 0.2) is 41.8 Å². The van der Waals surface area contributed by atoms with Gasteiger partial charge in [0.25, 0.3) is 5.91 Å². The third-order valence-electron chi connectivity index (χ3n) is 3.00. The van der Waals surface area contributed by atoms with Crippen molar-refractivity contribution in [1.82, 2.24) is 0 Å². The van der Waals surface area contributed by atoms with E-state index in [1.807, 2.05) is 17.5 Å². The molecule has 0 aliphatic carbocycles. The minimum Gasteiger partial charge on any atom is -0.449 e. The Morgan fingerprint density at radius 3 is 2.80 bits per heavy atom. The highest BCUT2D eigenvalue weighted by atomic mass is 32.1. The molecule has 0 saturated carbocycles. The van der Waals surface area contributed by atoms with Crippen molar-refractivity contribution in [2.24, 2.45) is 0 Å². The second-order valence-electron chi connectivity index (χ2n) is 4.84. The smallest absolute Gasteiger partial charge is 0.331 e. The van der Waals surface area contributed by atoms with Crippen molar-refractivity contribution < 1.29 is 23.6 Å². The molecule has 0 saturated heterocycles. The van der Waals surface area contributed by atoms with Gasteiger partial charge < -0.3 is 10.1 Å². The van der Waals surface area contributed by atoms with Gasteiger partial charge in [0.2, 0.25) is 5.82 Å². The number of halogens is 1. The summed E-state index contributed by atoms with van der Waals surface area (Å²) in [4.78, 5) is 34.3. The summed E-state index contributed by atoms with van der Waals surface area (Å²) in [6.45, 7) is 1.35. The van der Waals surface area contributed by atoms with E-state index < -0.39 is 34.4 Å². The lowest BCUT2D eigenvalue weighted by molar-refractivity contribution is -0.387. The predicted octanol–water partition coefficient (Wildman–Crippen LogP) is 3.38. The standard InChI is InChI=1S/C16H13FN2O5S/c1-10(24-15(20)7-5-12-3-2-8-25-12)16(21)18-11-4-6-13(17)14(9-11)19(22)23/h2-10H,1H3,(H,18,21)/b7-5+/t10-/m1/s1. The van der Waals surface area contributed by atoms with E-state index in [4.69, 9.17) is 4.74 Å². The number of anilines is 1. The Labute approximate surface area is 145 Å². The lowest BCUT2D eigenvalue weighted by atomic mass is 10.2. The zero-order chi connectivity index (χ0) is 18.4. The Morgan fingerprint density at radius 2 is 2.16 bits per heavy atom. The highest BCUT2D eigenvalue weighted by Gasteiger charge is 2.19. The molecular weight excluding hydrogens is 351 g/mol. The van der Waals surface area contributed by atoms with Crippen molar-refractivity contribution in [3.63, 3.8) is 0 Å². The van der Waals surface area contributed by atoms with Gasteiger partial charge >= 0.3 is 11.7 Å². The SMILES string of the molecule is C[C@@H](OC(=O)/C=C/c1cccs1)C(=O)Nc1ccc(F)c([N+](=O)[O-])c1. The molecule has 1 heterocycles. The van der Waals surface area contributed by atoms with Gasteiger partial charge in [0, 0.05) is 22.7 Å². The maximum absolute atomic E-state index is 13.3. The Kier molecular flexibility index (Phi) is 5.96. The topological polar surface area (TPSA) is 98.5 Å². The first-order valence-electron chi connectivity index (χ1n) is 7.04. The van der Waals surface area contributed by atoms with Crippen LogP contribution in [-0.2, 0) is 14.3 Å². The van der Waals surface area contributed by atoms with Gasteiger partial charge in [-0.3, -0.25) is 14.9 Å². The summed E-state index contributed by atoms with van der Waals surface area (Å²) < 4.78 is 18.2. The van der Waals surface area contributed by atoms with Gasteiger partial charge in [-0.2, -0.15) is 4.39 Å². The van der Waals surface area contributed by atoms with E-state index in [0.717, 1.165) is 17.0 Å². The Hall–Kier alpha value is -3.07. The number of nitrogens with zero attached hydrogens (tertiary/aromatic N) is 1. The molecule has 0 unspecified atom stereocenters. The molecule has 0 aliphatic heterocycles. The number of nitro benzene ring substituents is 1. The monoisotopic (exact) mass is 364 g/mol. The maximum Gasteiger partial charge on any atom is 0.331 e. The van der Waals surface area contributed by atoms with Gasteiger partial charge in [0.1, 0.15) is 0 Å². The first kappa shape index (κ1) is 18.3. The molecule has 1 amide bonds. The number of nitro groups is 1. The average Bonchev–Trinajstić information content (AvgIpc) is 3.07. The summed E-state index contributed by atoms with van der Waals surface area (Å²) in [7, 11) is 0. The van der Waals surface area contributed by atoms with Crippen LogP contribution < -0.4 is 5.32 Å².